The molecule has 112 valence electrons. The van der Waals surface area contributed by atoms with Crippen molar-refractivity contribution < 1.29 is 9.47 Å². The standard InChI is InChI=1S/C12H15BrN6O2/c1-3-21-12-17-10(16-11(18-12)19-14)15-7-4-5-9(20-2)8(13)6-7/h4-6H,3,14H2,1-2H3,(H2,15,16,17,18,19). The summed E-state index contributed by atoms with van der Waals surface area (Å²) in [5, 5.41) is 3.05. The van der Waals surface area contributed by atoms with E-state index in [4.69, 9.17) is 15.3 Å². The molecule has 21 heavy (non-hydrogen) atoms. The number of hydrazine groups is 1. The summed E-state index contributed by atoms with van der Waals surface area (Å²) in [7, 11) is 1.60. The van der Waals surface area contributed by atoms with Crippen LogP contribution < -0.4 is 26.1 Å². The third kappa shape index (κ3) is 3.92. The fourth-order valence-electron chi connectivity index (χ4n) is 1.54. The van der Waals surface area contributed by atoms with Crippen molar-refractivity contribution in [3.8, 4) is 11.8 Å². The van der Waals surface area contributed by atoms with Gasteiger partial charge in [-0.1, -0.05) is 0 Å². The fraction of sp³-hybridized carbons (Fsp3) is 0.250. The number of nitrogen functional groups attached to an aromatic ring is 1. The summed E-state index contributed by atoms with van der Waals surface area (Å²) in [5.41, 5.74) is 3.15. The molecule has 0 aliphatic rings. The van der Waals surface area contributed by atoms with Crippen molar-refractivity contribution in [3.63, 3.8) is 0 Å². The quantitative estimate of drug-likeness (QED) is 0.534. The van der Waals surface area contributed by atoms with E-state index in [0.717, 1.165) is 15.9 Å². The first-order valence-electron chi connectivity index (χ1n) is 6.12. The molecule has 1 aromatic heterocycles. The summed E-state index contributed by atoms with van der Waals surface area (Å²) in [5.74, 6) is 6.59. The van der Waals surface area contributed by atoms with E-state index in [0.29, 0.717) is 12.6 Å². The maximum Gasteiger partial charge on any atom is 0.323 e. The molecule has 0 spiro atoms. The van der Waals surface area contributed by atoms with Gasteiger partial charge in [0.05, 0.1) is 18.2 Å². The van der Waals surface area contributed by atoms with Crippen molar-refractivity contribution >= 4 is 33.5 Å². The Bertz CT molecular complexity index is 625. The number of benzene rings is 1. The van der Waals surface area contributed by atoms with Gasteiger partial charge in [-0.3, -0.25) is 5.43 Å². The van der Waals surface area contributed by atoms with E-state index in [1.165, 1.54) is 0 Å². The summed E-state index contributed by atoms with van der Waals surface area (Å²) in [6.07, 6.45) is 0. The first kappa shape index (κ1) is 15.3. The average molecular weight is 355 g/mol. The van der Waals surface area contributed by atoms with E-state index < -0.39 is 0 Å². The van der Waals surface area contributed by atoms with Crippen LogP contribution in [0, 0.1) is 0 Å². The summed E-state index contributed by atoms with van der Waals surface area (Å²) < 4.78 is 11.2. The minimum atomic E-state index is 0.190. The lowest BCUT2D eigenvalue weighted by atomic mass is 10.3. The molecule has 0 amide bonds. The highest BCUT2D eigenvalue weighted by Crippen LogP contribution is 2.28. The summed E-state index contributed by atoms with van der Waals surface area (Å²) >= 11 is 3.41. The van der Waals surface area contributed by atoms with Gasteiger partial charge >= 0.3 is 6.01 Å². The second-order valence-corrected chi connectivity index (χ2v) is 4.67. The molecule has 9 heteroatoms. The average Bonchev–Trinajstić information content (AvgIpc) is 2.47. The van der Waals surface area contributed by atoms with Crippen LogP contribution in [0.2, 0.25) is 0 Å². The van der Waals surface area contributed by atoms with Crippen molar-refractivity contribution in [1.29, 1.82) is 0 Å². The zero-order valence-electron chi connectivity index (χ0n) is 11.6. The summed E-state index contributed by atoms with van der Waals surface area (Å²) in [6, 6.07) is 5.69. The highest BCUT2D eigenvalue weighted by Gasteiger charge is 2.08. The van der Waals surface area contributed by atoms with E-state index in [-0.39, 0.29) is 12.0 Å². The predicted octanol–water partition coefficient (Wildman–Crippen LogP) is 2.07. The van der Waals surface area contributed by atoms with Crippen molar-refractivity contribution in [1.82, 2.24) is 15.0 Å². The molecule has 1 heterocycles. The molecule has 0 saturated carbocycles. The first-order chi connectivity index (χ1) is 10.2. The molecule has 0 fully saturated rings. The van der Waals surface area contributed by atoms with Gasteiger partial charge < -0.3 is 14.8 Å². The maximum atomic E-state index is 5.33. The van der Waals surface area contributed by atoms with Crippen molar-refractivity contribution in [2.24, 2.45) is 5.84 Å². The molecule has 0 bridgehead atoms. The number of halogens is 1. The number of nitrogens with one attached hydrogen (secondary N) is 2. The second-order valence-electron chi connectivity index (χ2n) is 3.82. The van der Waals surface area contributed by atoms with Crippen LogP contribution in [-0.4, -0.2) is 28.7 Å². The third-order valence-corrected chi connectivity index (χ3v) is 3.05. The molecule has 0 aliphatic carbocycles. The van der Waals surface area contributed by atoms with E-state index in [2.05, 4.69) is 41.6 Å². The van der Waals surface area contributed by atoms with Gasteiger partial charge in [0.25, 0.3) is 0 Å². The molecule has 1 aromatic carbocycles. The maximum absolute atomic E-state index is 5.33. The van der Waals surface area contributed by atoms with Gasteiger partial charge in [-0.2, -0.15) is 15.0 Å². The number of aromatic nitrogens is 3. The fourth-order valence-corrected chi connectivity index (χ4v) is 2.08. The van der Waals surface area contributed by atoms with Gasteiger partial charge in [-0.15, -0.1) is 0 Å². The molecule has 0 radical (unpaired) electrons. The number of hydrogen-bond donors (Lipinski definition) is 3. The molecule has 0 saturated heterocycles. The van der Waals surface area contributed by atoms with E-state index in [9.17, 15) is 0 Å². The van der Waals surface area contributed by atoms with E-state index in [1.807, 2.05) is 25.1 Å². The van der Waals surface area contributed by atoms with Gasteiger partial charge in [0.15, 0.2) is 0 Å². The molecule has 4 N–H and O–H groups in total. The van der Waals surface area contributed by atoms with Crippen LogP contribution in [0.1, 0.15) is 6.92 Å². The second kappa shape index (κ2) is 7.04. The smallest absolute Gasteiger partial charge is 0.323 e. The van der Waals surface area contributed by atoms with Crippen LogP contribution in [0.5, 0.6) is 11.8 Å². The number of anilines is 3. The molecule has 0 aliphatic heterocycles. The normalized spacial score (nSPS) is 10.1. The Morgan fingerprint density at radius 1 is 1.24 bits per heavy atom. The van der Waals surface area contributed by atoms with Crippen LogP contribution in [0.15, 0.2) is 22.7 Å². The van der Waals surface area contributed by atoms with Gasteiger partial charge in [-0.25, -0.2) is 5.84 Å². The van der Waals surface area contributed by atoms with Crippen LogP contribution in [0.4, 0.5) is 17.6 Å². The van der Waals surface area contributed by atoms with E-state index >= 15 is 0 Å². The zero-order chi connectivity index (χ0) is 15.2. The molecule has 0 unspecified atom stereocenters. The molecular weight excluding hydrogens is 340 g/mol. The Labute approximate surface area is 130 Å². The largest absolute Gasteiger partial charge is 0.496 e. The third-order valence-electron chi connectivity index (χ3n) is 2.43. The Hall–Kier alpha value is -2.13. The molecule has 2 rings (SSSR count). The Morgan fingerprint density at radius 3 is 2.62 bits per heavy atom. The van der Waals surface area contributed by atoms with Crippen LogP contribution in [0.25, 0.3) is 0 Å². The van der Waals surface area contributed by atoms with Gasteiger partial charge in [0, 0.05) is 5.69 Å². The number of hydrogen-bond acceptors (Lipinski definition) is 8. The molecule has 8 nitrogen and oxygen atoms in total. The zero-order valence-corrected chi connectivity index (χ0v) is 13.1. The van der Waals surface area contributed by atoms with Gasteiger partial charge in [-0.05, 0) is 41.1 Å². The summed E-state index contributed by atoms with van der Waals surface area (Å²) in [4.78, 5) is 12.2. The monoisotopic (exact) mass is 354 g/mol. The minimum absolute atomic E-state index is 0.190. The highest BCUT2D eigenvalue weighted by molar-refractivity contribution is 9.10. The molecule has 0 atom stereocenters. The lowest BCUT2D eigenvalue weighted by Gasteiger charge is -2.10. The first-order valence-corrected chi connectivity index (χ1v) is 6.91. The Morgan fingerprint density at radius 2 is 2.00 bits per heavy atom. The van der Waals surface area contributed by atoms with Crippen molar-refractivity contribution in [2.45, 2.75) is 6.92 Å². The van der Waals surface area contributed by atoms with Crippen molar-refractivity contribution in [3.05, 3.63) is 22.7 Å². The minimum Gasteiger partial charge on any atom is -0.496 e. The Kier molecular flexibility index (Phi) is 5.12. The van der Waals surface area contributed by atoms with E-state index in [1.54, 1.807) is 7.11 Å². The highest BCUT2D eigenvalue weighted by atomic mass is 79.9. The summed E-state index contributed by atoms with van der Waals surface area (Å²) in [6.45, 7) is 2.29. The SMILES string of the molecule is CCOc1nc(NN)nc(Nc2ccc(OC)c(Br)c2)n1. The number of nitrogens with two attached hydrogens (primary N) is 1. The lowest BCUT2D eigenvalue weighted by molar-refractivity contribution is 0.312. The number of rotatable bonds is 6. The number of methoxy groups -OCH3 is 1. The topological polar surface area (TPSA) is 107 Å². The van der Waals surface area contributed by atoms with Gasteiger partial charge in [0.2, 0.25) is 11.9 Å². The van der Waals surface area contributed by atoms with Crippen LogP contribution in [-0.2, 0) is 0 Å². The van der Waals surface area contributed by atoms with Crippen LogP contribution >= 0.6 is 15.9 Å². The number of ether oxygens (including phenoxy) is 2. The lowest BCUT2D eigenvalue weighted by Crippen LogP contribution is -2.13. The predicted molar refractivity (Wildman–Crippen MR) is 82.8 cm³/mol. The van der Waals surface area contributed by atoms with Crippen molar-refractivity contribution in [2.75, 3.05) is 24.5 Å². The number of nitrogens with zero attached hydrogens (tertiary/aromatic N) is 3. The van der Waals surface area contributed by atoms with Gasteiger partial charge in [0.1, 0.15) is 5.75 Å². The molecule has 2 aromatic rings. The molecular formula is C12H15BrN6O2. The Balaban J connectivity index is 2.25. The van der Waals surface area contributed by atoms with Crippen LogP contribution in [0.3, 0.4) is 0 Å².